The van der Waals surface area contributed by atoms with Crippen molar-refractivity contribution in [1.82, 2.24) is 24.4 Å². The van der Waals surface area contributed by atoms with Crippen molar-refractivity contribution in [2.45, 2.75) is 0 Å². The molecule has 1 amide bonds. The molecule has 0 aromatic carbocycles. The highest BCUT2D eigenvalue weighted by Gasteiger charge is 2.18. The second-order valence-electron chi connectivity index (χ2n) is 6.71. The van der Waals surface area contributed by atoms with Crippen molar-refractivity contribution in [3.63, 3.8) is 0 Å². The number of fused-ring (bicyclic) bond motifs is 1. The first-order chi connectivity index (χ1) is 17.6. The van der Waals surface area contributed by atoms with Crippen molar-refractivity contribution in [2.75, 3.05) is 17.6 Å². The minimum Gasteiger partial charge on any atom is -0.355 e. The molecule has 0 radical (unpaired) electrons. The van der Waals surface area contributed by atoms with Gasteiger partial charge in [0.25, 0.3) is 11.5 Å². The Morgan fingerprint density at radius 2 is 1.94 bits per heavy atom. The summed E-state index contributed by atoms with van der Waals surface area (Å²) in [6, 6.07) is 3.86. The van der Waals surface area contributed by atoms with Crippen LogP contribution in [0.15, 0.2) is 47.8 Å². The van der Waals surface area contributed by atoms with Gasteiger partial charge in [-0.25, -0.2) is 14.4 Å². The Bertz CT molecular complexity index is 1600. The summed E-state index contributed by atoms with van der Waals surface area (Å²) in [5.74, 6) is -1.19. The third-order valence-electron chi connectivity index (χ3n) is 4.60. The lowest BCUT2D eigenvalue weighted by Gasteiger charge is -2.13. The van der Waals surface area contributed by atoms with Crippen LogP contribution in [0.5, 0.6) is 0 Å². The highest BCUT2D eigenvalue weighted by molar-refractivity contribution is 6.35. The van der Waals surface area contributed by atoms with Gasteiger partial charge in [0, 0.05) is 53.9 Å². The van der Waals surface area contributed by atoms with Crippen LogP contribution in [0.4, 0.5) is 27.4 Å². The van der Waals surface area contributed by atoms with Crippen LogP contribution >= 0.6 is 11.6 Å². The van der Waals surface area contributed by atoms with E-state index in [4.69, 9.17) is 19.8 Å². The van der Waals surface area contributed by atoms with Gasteiger partial charge in [0.1, 0.15) is 17.5 Å². The zero-order valence-electron chi connectivity index (χ0n) is 22.4. The van der Waals surface area contributed by atoms with Gasteiger partial charge in [-0.2, -0.15) is 0 Å². The van der Waals surface area contributed by atoms with Crippen LogP contribution in [0.1, 0.15) is 18.6 Å². The molecule has 164 valence electrons. The molecule has 4 heterocycles. The minimum atomic E-state index is -2.82. The molecule has 0 bridgehead atoms. The molecule has 9 nitrogen and oxygen atoms in total. The third-order valence-corrected chi connectivity index (χ3v) is 4.87. The van der Waals surface area contributed by atoms with Crippen LogP contribution in [0, 0.1) is 5.82 Å². The quantitative estimate of drug-likeness (QED) is 0.421. The van der Waals surface area contributed by atoms with Crippen molar-refractivity contribution in [1.29, 1.82) is 0 Å². The van der Waals surface area contributed by atoms with Crippen LogP contribution in [0.2, 0.25) is 5.02 Å². The molecule has 4 aromatic heterocycles. The number of carbonyl (C=O) groups is 1. The number of rotatable bonds is 5. The van der Waals surface area contributed by atoms with Crippen molar-refractivity contribution in [3.05, 3.63) is 69.7 Å². The summed E-state index contributed by atoms with van der Waals surface area (Å²) in [6.45, 7) is -5.62. The van der Waals surface area contributed by atoms with Crippen molar-refractivity contribution < 1.29 is 17.4 Å². The fraction of sp³-hybridized carbons (Fsp3) is 0.143. The lowest BCUT2D eigenvalue weighted by Crippen LogP contribution is -2.20. The second-order valence-corrected chi connectivity index (χ2v) is 7.12. The fourth-order valence-electron chi connectivity index (χ4n) is 3.18. The lowest BCUT2D eigenvalue weighted by molar-refractivity contribution is 0.0963. The van der Waals surface area contributed by atoms with Gasteiger partial charge in [-0.3, -0.25) is 9.59 Å². The molecule has 0 aliphatic carbocycles. The molecule has 0 spiro atoms. The maximum absolute atomic E-state index is 13.2. The highest BCUT2D eigenvalue weighted by Crippen LogP contribution is 2.32. The number of amides is 1. The van der Waals surface area contributed by atoms with E-state index in [0.29, 0.717) is 4.57 Å². The summed E-state index contributed by atoms with van der Waals surface area (Å²) >= 11 is 6.30. The van der Waals surface area contributed by atoms with Crippen molar-refractivity contribution >= 4 is 51.4 Å². The smallest absolute Gasteiger partial charge is 0.261 e. The molecule has 0 aliphatic rings. The van der Waals surface area contributed by atoms with Crippen LogP contribution < -0.4 is 21.5 Å². The number of carbonyl (C=O) groups excluding carboxylic acids is 1. The van der Waals surface area contributed by atoms with E-state index in [0.717, 1.165) is 18.6 Å². The van der Waals surface area contributed by atoms with E-state index < -0.39 is 31.2 Å². The largest absolute Gasteiger partial charge is 0.355 e. The highest BCUT2D eigenvalue weighted by atomic mass is 35.5. The molecular formula is C21H19ClFN7O2. The predicted molar refractivity (Wildman–Crippen MR) is 122 cm³/mol. The number of anilines is 4. The molecule has 0 saturated carbocycles. The van der Waals surface area contributed by atoms with Gasteiger partial charge in [0.2, 0.25) is 0 Å². The Kier molecular flexibility index (Phi) is 3.89. The number of aromatic nitrogens is 4. The molecule has 11 heteroatoms. The molecule has 0 saturated heterocycles. The Hall–Kier alpha value is -3.92. The first-order valence-electron chi connectivity index (χ1n) is 12.0. The first kappa shape index (κ1) is 15.0. The van der Waals surface area contributed by atoms with E-state index in [1.165, 1.54) is 29.0 Å². The molecule has 0 aliphatic heterocycles. The lowest BCUT2D eigenvalue weighted by atomic mass is 10.2. The number of aryl methyl sites for hydroxylation is 2. The number of halogens is 2. The maximum Gasteiger partial charge on any atom is 0.261 e. The molecule has 0 unspecified atom stereocenters. The van der Waals surface area contributed by atoms with Gasteiger partial charge in [0.15, 0.2) is 0 Å². The van der Waals surface area contributed by atoms with Gasteiger partial charge in [-0.1, -0.05) is 11.6 Å². The summed E-state index contributed by atoms with van der Waals surface area (Å²) in [7, 11) is 1.58. The van der Waals surface area contributed by atoms with Gasteiger partial charge < -0.3 is 25.1 Å². The van der Waals surface area contributed by atoms with Crippen molar-refractivity contribution in [3.8, 4) is 0 Å². The van der Waals surface area contributed by atoms with Crippen LogP contribution in [-0.2, 0) is 14.0 Å². The van der Waals surface area contributed by atoms with E-state index >= 15 is 0 Å². The third kappa shape index (κ3) is 3.87. The molecule has 4 aromatic rings. The first-order valence-corrected chi connectivity index (χ1v) is 9.40. The summed E-state index contributed by atoms with van der Waals surface area (Å²) in [5, 5.41) is 7.51. The molecule has 3 N–H and O–H groups in total. The molecular weight excluding hydrogens is 437 g/mol. The normalized spacial score (nSPS) is 14.5. The zero-order chi connectivity index (χ0) is 28.0. The Morgan fingerprint density at radius 1 is 1.12 bits per heavy atom. The Balaban J connectivity index is 1.85. The second kappa shape index (κ2) is 8.31. The van der Waals surface area contributed by atoms with Crippen LogP contribution in [0.3, 0.4) is 0 Å². The minimum absolute atomic E-state index is 0.00823. The number of nitrogens with one attached hydrogen (secondary N) is 3. The average molecular weight is 462 g/mol. The molecule has 0 fully saturated rings. The summed E-state index contributed by atoms with van der Waals surface area (Å²) in [5.41, 5.74) is -0.736. The molecule has 4 rings (SSSR count). The van der Waals surface area contributed by atoms with Gasteiger partial charge in [-0.05, 0) is 12.1 Å². The monoisotopic (exact) mass is 461 g/mol. The standard InChI is InChI=1S/C21H19ClFN7O2/c1-24-20(31)12-8-26-17(28-16-5-4-11(23)7-25-16)6-14(12)27-15-10-29(2)19-13(22)9-30(3)21(32)18(15)19/h4-10H,1-3H3,(H,24,31)(H2,25,26,27,28)/i1D3,3D3. The van der Waals surface area contributed by atoms with E-state index in [1.54, 1.807) is 7.05 Å². The summed E-state index contributed by atoms with van der Waals surface area (Å²) in [6.07, 6.45) is 4.55. The topological polar surface area (TPSA) is 106 Å². The predicted octanol–water partition coefficient (Wildman–Crippen LogP) is 3.31. The SMILES string of the molecule is [2H]C([2H])([2H])NC(=O)c1cnc(Nc2ccc(F)cn2)cc1Nc1cn(C)c2c(Cl)cn(C([2H])([2H])[2H])c(=O)c12. The Morgan fingerprint density at radius 3 is 2.66 bits per heavy atom. The number of nitrogens with zero attached hydrogens (tertiary/aromatic N) is 4. The zero-order valence-corrected chi connectivity index (χ0v) is 17.2. The van der Waals surface area contributed by atoms with E-state index in [2.05, 4.69) is 20.6 Å². The summed E-state index contributed by atoms with van der Waals surface area (Å²) < 4.78 is 60.3. The maximum atomic E-state index is 13.2. The average Bonchev–Trinajstić information content (AvgIpc) is 3.12. The fourth-order valence-corrected chi connectivity index (χ4v) is 3.51. The van der Waals surface area contributed by atoms with Gasteiger partial charge in [-0.15, -0.1) is 0 Å². The Labute approximate surface area is 195 Å². The van der Waals surface area contributed by atoms with Gasteiger partial charge >= 0.3 is 0 Å². The van der Waals surface area contributed by atoms with E-state index in [9.17, 15) is 14.0 Å². The van der Waals surface area contributed by atoms with Crippen LogP contribution in [0.25, 0.3) is 10.9 Å². The molecule has 0 atom stereocenters. The van der Waals surface area contributed by atoms with Gasteiger partial charge in [0.05, 0.1) is 39.1 Å². The summed E-state index contributed by atoms with van der Waals surface area (Å²) in [4.78, 5) is 33.9. The number of pyridine rings is 3. The van der Waals surface area contributed by atoms with E-state index in [1.807, 2.05) is 5.32 Å². The van der Waals surface area contributed by atoms with Crippen molar-refractivity contribution in [2.24, 2.45) is 14.0 Å². The molecule has 32 heavy (non-hydrogen) atoms. The number of hydrogen-bond acceptors (Lipinski definition) is 6. The number of hydrogen-bond donors (Lipinski definition) is 3. The van der Waals surface area contributed by atoms with Crippen LogP contribution in [-0.4, -0.2) is 32.0 Å². The van der Waals surface area contributed by atoms with E-state index in [-0.39, 0.29) is 44.5 Å².